The Labute approximate surface area is 102 Å². The van der Waals surface area contributed by atoms with Crippen molar-refractivity contribution in [3.8, 4) is 0 Å². The van der Waals surface area contributed by atoms with Crippen molar-refractivity contribution < 1.29 is 8.42 Å². The molecule has 0 fully saturated rings. The Hall–Kier alpha value is -0.920. The van der Waals surface area contributed by atoms with Crippen molar-refractivity contribution >= 4 is 10.0 Å². The minimum atomic E-state index is -3.16. The molecule has 0 bridgehead atoms. The quantitative estimate of drug-likeness (QED) is 0.617. The van der Waals surface area contributed by atoms with Crippen LogP contribution in [0.1, 0.15) is 12.6 Å². The first kappa shape index (κ1) is 14.1. The zero-order valence-corrected chi connectivity index (χ0v) is 11.1. The fourth-order valence-electron chi connectivity index (χ4n) is 1.39. The summed E-state index contributed by atoms with van der Waals surface area (Å²) in [4.78, 5) is 0. The van der Waals surface area contributed by atoms with Gasteiger partial charge < -0.3 is 5.32 Å². The van der Waals surface area contributed by atoms with Crippen molar-refractivity contribution in [3.63, 3.8) is 0 Å². The number of hydrogen-bond acceptors (Lipinski definition) is 4. The lowest BCUT2D eigenvalue weighted by Gasteiger charge is -2.05. The maximum Gasteiger partial charge on any atom is 0.212 e. The van der Waals surface area contributed by atoms with E-state index in [1.54, 1.807) is 4.68 Å². The Balaban J connectivity index is 2.25. The highest BCUT2D eigenvalue weighted by Crippen LogP contribution is 1.94. The van der Waals surface area contributed by atoms with E-state index in [2.05, 4.69) is 15.1 Å². The molecule has 7 heteroatoms. The van der Waals surface area contributed by atoms with Crippen molar-refractivity contribution in [2.45, 2.75) is 13.3 Å². The predicted molar refractivity (Wildman–Crippen MR) is 67.2 cm³/mol. The lowest BCUT2D eigenvalue weighted by molar-refractivity contribution is 0.577. The van der Waals surface area contributed by atoms with Crippen LogP contribution in [0.4, 0.5) is 0 Å². The number of aryl methyl sites for hydroxylation is 1. The molecular weight excluding hydrogens is 240 g/mol. The van der Waals surface area contributed by atoms with Gasteiger partial charge in [-0.1, -0.05) is 6.92 Å². The van der Waals surface area contributed by atoms with E-state index in [0.717, 1.165) is 12.2 Å². The average Bonchev–Trinajstić information content (AvgIpc) is 2.64. The minimum absolute atomic E-state index is 0.114. The zero-order valence-electron chi connectivity index (χ0n) is 10.3. The molecule has 98 valence electrons. The Kier molecular flexibility index (Phi) is 5.60. The molecule has 0 saturated heterocycles. The van der Waals surface area contributed by atoms with Gasteiger partial charge in [0.25, 0.3) is 0 Å². The first-order valence-corrected chi connectivity index (χ1v) is 7.35. The summed E-state index contributed by atoms with van der Waals surface area (Å²) in [6.07, 6.45) is 2.45. The molecule has 6 nitrogen and oxygen atoms in total. The molecule has 0 aromatic carbocycles. The van der Waals surface area contributed by atoms with Gasteiger partial charge in [0, 0.05) is 32.8 Å². The number of sulfonamides is 1. The summed E-state index contributed by atoms with van der Waals surface area (Å²) >= 11 is 0. The molecule has 0 aliphatic carbocycles. The van der Waals surface area contributed by atoms with Crippen LogP contribution in [0.15, 0.2) is 12.3 Å². The Bertz CT molecular complexity index is 427. The molecule has 0 unspecified atom stereocenters. The fraction of sp³-hybridized carbons (Fsp3) is 0.700. The normalized spacial score (nSPS) is 11.9. The lowest BCUT2D eigenvalue weighted by Crippen LogP contribution is -2.33. The second-order valence-corrected chi connectivity index (χ2v) is 5.72. The minimum Gasteiger partial charge on any atom is -0.316 e. The summed E-state index contributed by atoms with van der Waals surface area (Å²) < 4.78 is 27.3. The van der Waals surface area contributed by atoms with E-state index in [-0.39, 0.29) is 5.75 Å². The molecule has 0 radical (unpaired) electrons. The van der Waals surface area contributed by atoms with Gasteiger partial charge in [0.1, 0.15) is 0 Å². The molecule has 0 aliphatic heterocycles. The van der Waals surface area contributed by atoms with E-state index in [4.69, 9.17) is 0 Å². The van der Waals surface area contributed by atoms with Gasteiger partial charge in [-0.25, -0.2) is 13.1 Å². The van der Waals surface area contributed by atoms with Crippen LogP contribution in [-0.2, 0) is 23.5 Å². The van der Waals surface area contributed by atoms with Crippen molar-refractivity contribution in [2.24, 2.45) is 7.05 Å². The molecule has 0 atom stereocenters. The molecule has 2 N–H and O–H groups in total. The van der Waals surface area contributed by atoms with E-state index in [1.807, 2.05) is 26.2 Å². The van der Waals surface area contributed by atoms with Crippen LogP contribution in [0.25, 0.3) is 0 Å². The molecule has 1 aromatic rings. The van der Waals surface area contributed by atoms with Gasteiger partial charge in [-0.3, -0.25) is 4.68 Å². The van der Waals surface area contributed by atoms with Gasteiger partial charge in [0.05, 0.1) is 11.4 Å². The Morgan fingerprint density at radius 1 is 1.41 bits per heavy atom. The van der Waals surface area contributed by atoms with Gasteiger partial charge in [-0.15, -0.1) is 0 Å². The second-order valence-electron chi connectivity index (χ2n) is 3.80. The van der Waals surface area contributed by atoms with Gasteiger partial charge in [-0.2, -0.15) is 5.10 Å². The third-order valence-corrected chi connectivity index (χ3v) is 3.66. The van der Waals surface area contributed by atoms with Crippen molar-refractivity contribution in [3.05, 3.63) is 18.0 Å². The van der Waals surface area contributed by atoms with E-state index in [0.29, 0.717) is 19.5 Å². The number of nitrogens with zero attached hydrogens (tertiary/aromatic N) is 2. The smallest absolute Gasteiger partial charge is 0.212 e. The van der Waals surface area contributed by atoms with E-state index >= 15 is 0 Å². The summed E-state index contributed by atoms with van der Waals surface area (Å²) in [5.41, 5.74) is 0.891. The van der Waals surface area contributed by atoms with Crippen LogP contribution in [0.2, 0.25) is 0 Å². The van der Waals surface area contributed by atoms with Gasteiger partial charge in [0.2, 0.25) is 10.0 Å². The summed E-state index contributed by atoms with van der Waals surface area (Å²) in [5, 5.41) is 7.16. The maximum absolute atomic E-state index is 11.5. The first-order chi connectivity index (χ1) is 8.03. The van der Waals surface area contributed by atoms with Crippen molar-refractivity contribution in [2.75, 3.05) is 25.4 Å². The number of aromatic nitrogens is 2. The third-order valence-electron chi connectivity index (χ3n) is 2.27. The fourth-order valence-corrected chi connectivity index (χ4v) is 2.36. The first-order valence-electron chi connectivity index (χ1n) is 5.70. The molecule has 17 heavy (non-hydrogen) atoms. The Morgan fingerprint density at radius 3 is 2.76 bits per heavy atom. The van der Waals surface area contributed by atoms with Crippen LogP contribution >= 0.6 is 0 Å². The molecule has 0 amide bonds. The predicted octanol–water partition coefficient (Wildman–Crippen LogP) is -0.508. The molecular formula is C10H20N4O2S. The Morgan fingerprint density at radius 2 is 2.18 bits per heavy atom. The number of rotatable bonds is 8. The van der Waals surface area contributed by atoms with Crippen LogP contribution in [0.3, 0.4) is 0 Å². The standard InChI is InChI=1S/C10H20N4O2S/c1-3-11-7-9-17(15,16)12-6-4-10-5-8-14(2)13-10/h5,8,11-12H,3-4,6-7,9H2,1-2H3. The maximum atomic E-state index is 11.5. The molecule has 0 aliphatic rings. The average molecular weight is 260 g/mol. The highest BCUT2D eigenvalue weighted by Gasteiger charge is 2.08. The van der Waals surface area contributed by atoms with Crippen LogP contribution in [0.5, 0.6) is 0 Å². The summed E-state index contributed by atoms with van der Waals surface area (Å²) in [6, 6.07) is 1.88. The highest BCUT2D eigenvalue weighted by molar-refractivity contribution is 7.89. The largest absolute Gasteiger partial charge is 0.316 e. The van der Waals surface area contributed by atoms with Gasteiger partial charge in [-0.05, 0) is 12.6 Å². The van der Waals surface area contributed by atoms with Gasteiger partial charge in [0.15, 0.2) is 0 Å². The molecule has 1 rings (SSSR count). The SMILES string of the molecule is CCNCCS(=O)(=O)NCCc1ccn(C)n1. The summed E-state index contributed by atoms with van der Waals surface area (Å²) in [7, 11) is -1.33. The van der Waals surface area contributed by atoms with Crippen LogP contribution in [0, 0.1) is 0 Å². The van der Waals surface area contributed by atoms with Crippen molar-refractivity contribution in [1.29, 1.82) is 0 Å². The molecule has 0 spiro atoms. The number of nitrogens with one attached hydrogen (secondary N) is 2. The van der Waals surface area contributed by atoms with E-state index in [1.165, 1.54) is 0 Å². The van der Waals surface area contributed by atoms with Gasteiger partial charge >= 0.3 is 0 Å². The van der Waals surface area contributed by atoms with Crippen molar-refractivity contribution in [1.82, 2.24) is 19.8 Å². The zero-order chi connectivity index (χ0) is 12.7. The molecule has 1 aromatic heterocycles. The summed E-state index contributed by atoms with van der Waals surface area (Å²) in [5.74, 6) is 0.114. The molecule has 0 saturated carbocycles. The third kappa shape index (κ3) is 5.81. The lowest BCUT2D eigenvalue weighted by atomic mass is 10.3. The topological polar surface area (TPSA) is 76.0 Å². The monoisotopic (exact) mass is 260 g/mol. The van der Waals surface area contributed by atoms with Crippen LogP contribution in [-0.4, -0.2) is 43.6 Å². The van der Waals surface area contributed by atoms with E-state index in [9.17, 15) is 8.42 Å². The van der Waals surface area contributed by atoms with Crippen LogP contribution < -0.4 is 10.0 Å². The molecule has 1 heterocycles. The number of hydrogen-bond donors (Lipinski definition) is 2. The second kappa shape index (κ2) is 6.73. The summed E-state index contributed by atoms with van der Waals surface area (Å²) in [6.45, 7) is 3.60. The van der Waals surface area contributed by atoms with E-state index < -0.39 is 10.0 Å². The highest BCUT2D eigenvalue weighted by atomic mass is 32.2.